The molecule has 2 heterocycles. The van der Waals surface area contributed by atoms with Crippen molar-refractivity contribution in [3.05, 3.63) is 59.7 Å². The molecule has 4 bridgehead atoms. The topological polar surface area (TPSA) is 43.5 Å². The van der Waals surface area contributed by atoms with Crippen LogP contribution in [0.3, 0.4) is 0 Å². The lowest BCUT2D eigenvalue weighted by Crippen LogP contribution is -2.54. The zero-order valence-electron chi connectivity index (χ0n) is 18.6. The summed E-state index contributed by atoms with van der Waals surface area (Å²) in [7, 11) is 0. The summed E-state index contributed by atoms with van der Waals surface area (Å²) >= 11 is 0. The monoisotopic (exact) mass is 432 g/mol. The third kappa shape index (κ3) is 3.34. The number of benzene rings is 2. The molecule has 2 aliphatic heterocycles. The Kier molecular flexibility index (Phi) is 4.55. The van der Waals surface area contributed by atoms with E-state index >= 15 is 0 Å². The second-order valence-corrected chi connectivity index (χ2v) is 10.8. The van der Waals surface area contributed by atoms with E-state index in [0.717, 1.165) is 42.5 Å². The fraction of sp³-hybridized carbons (Fsp3) is 0.571. The highest BCUT2D eigenvalue weighted by Gasteiger charge is 2.59. The SMILES string of the molecule is c1ccc(C2C3CC4CC(C3)CC2(c2ccccc2OCC2CO2)C4)c(OCC2CO2)c1. The number of rotatable bonds is 8. The summed E-state index contributed by atoms with van der Waals surface area (Å²) in [5, 5.41) is 0. The Balaban J connectivity index is 1.31. The lowest BCUT2D eigenvalue weighted by molar-refractivity contribution is -0.0299. The molecule has 168 valence electrons. The summed E-state index contributed by atoms with van der Waals surface area (Å²) in [6.07, 6.45) is 7.23. The largest absolute Gasteiger partial charge is 0.490 e. The molecular formula is C28H32O4. The van der Waals surface area contributed by atoms with Gasteiger partial charge in [-0.3, -0.25) is 0 Å². The van der Waals surface area contributed by atoms with Crippen LogP contribution in [0.5, 0.6) is 11.5 Å². The molecule has 4 nitrogen and oxygen atoms in total. The average molecular weight is 433 g/mol. The highest BCUT2D eigenvalue weighted by Crippen LogP contribution is 2.68. The first-order valence-corrected chi connectivity index (χ1v) is 12.5. The first kappa shape index (κ1) is 19.4. The summed E-state index contributed by atoms with van der Waals surface area (Å²) in [6.45, 7) is 2.98. The molecule has 8 rings (SSSR count). The van der Waals surface area contributed by atoms with Crippen molar-refractivity contribution in [1.82, 2.24) is 0 Å². The standard InChI is InChI=1S/C28H32O4/c1-3-7-25(31-16-21-14-29-21)23(5-1)27-20-10-18-9-19(11-20)13-28(27,12-18)24-6-2-4-8-26(24)32-17-22-15-30-22/h1-8,18-22,27H,9-17H2. The van der Waals surface area contributed by atoms with E-state index in [9.17, 15) is 0 Å². The molecule has 4 aliphatic carbocycles. The van der Waals surface area contributed by atoms with Crippen LogP contribution in [0.4, 0.5) is 0 Å². The van der Waals surface area contributed by atoms with Gasteiger partial charge in [-0.2, -0.15) is 0 Å². The normalized spacial score (nSPS) is 38.5. The van der Waals surface area contributed by atoms with E-state index in [1.807, 2.05) is 0 Å². The van der Waals surface area contributed by atoms with Gasteiger partial charge in [-0.25, -0.2) is 0 Å². The first-order chi connectivity index (χ1) is 15.8. The number of epoxide rings is 2. The highest BCUT2D eigenvalue weighted by molar-refractivity contribution is 5.49. The predicted octanol–water partition coefficient (Wildman–Crippen LogP) is 5.10. The van der Waals surface area contributed by atoms with Crippen molar-refractivity contribution in [3.8, 4) is 11.5 Å². The van der Waals surface area contributed by atoms with Crippen LogP contribution in [-0.2, 0) is 14.9 Å². The summed E-state index contributed by atoms with van der Waals surface area (Å²) < 4.78 is 23.6. The second-order valence-electron chi connectivity index (χ2n) is 10.8. The van der Waals surface area contributed by atoms with Crippen molar-refractivity contribution < 1.29 is 18.9 Å². The molecule has 0 N–H and O–H groups in total. The molecule has 5 unspecified atom stereocenters. The molecule has 2 saturated heterocycles. The molecular weight excluding hydrogens is 400 g/mol. The number of ether oxygens (including phenoxy) is 4. The molecule has 0 radical (unpaired) electrons. The van der Waals surface area contributed by atoms with Crippen molar-refractivity contribution in [2.45, 2.75) is 55.6 Å². The van der Waals surface area contributed by atoms with Crippen LogP contribution in [-0.4, -0.2) is 38.6 Å². The summed E-state index contributed by atoms with van der Waals surface area (Å²) in [5.41, 5.74) is 2.95. The van der Waals surface area contributed by atoms with E-state index in [1.165, 1.54) is 43.2 Å². The van der Waals surface area contributed by atoms with E-state index in [0.29, 0.717) is 19.1 Å². The first-order valence-electron chi connectivity index (χ1n) is 12.5. The van der Waals surface area contributed by atoms with E-state index < -0.39 is 0 Å². The number of hydrogen-bond acceptors (Lipinski definition) is 4. The van der Waals surface area contributed by atoms with Gasteiger partial charge in [-0.05, 0) is 67.6 Å². The Hall–Kier alpha value is -2.04. The van der Waals surface area contributed by atoms with Gasteiger partial charge >= 0.3 is 0 Å². The Morgan fingerprint density at radius 2 is 1.34 bits per heavy atom. The van der Waals surface area contributed by atoms with Crippen LogP contribution in [0.1, 0.15) is 49.1 Å². The number of para-hydroxylation sites is 2. The highest BCUT2D eigenvalue weighted by atomic mass is 16.6. The number of hydrogen-bond donors (Lipinski definition) is 0. The fourth-order valence-corrected chi connectivity index (χ4v) is 7.55. The molecule has 2 aromatic rings. The molecule has 6 aliphatic rings. The zero-order valence-corrected chi connectivity index (χ0v) is 18.6. The average Bonchev–Trinajstić information content (AvgIpc) is 3.72. The van der Waals surface area contributed by atoms with Crippen LogP contribution >= 0.6 is 0 Å². The third-order valence-electron chi connectivity index (χ3n) is 8.64. The summed E-state index contributed by atoms with van der Waals surface area (Å²) in [5.74, 6) is 5.02. The molecule has 6 fully saturated rings. The second kappa shape index (κ2) is 7.50. The Morgan fingerprint density at radius 1 is 0.750 bits per heavy atom. The van der Waals surface area contributed by atoms with E-state index in [4.69, 9.17) is 18.9 Å². The van der Waals surface area contributed by atoms with Crippen molar-refractivity contribution in [2.24, 2.45) is 17.8 Å². The minimum atomic E-state index is 0.130. The van der Waals surface area contributed by atoms with Gasteiger partial charge in [0.1, 0.15) is 36.9 Å². The molecule has 2 aromatic carbocycles. The van der Waals surface area contributed by atoms with Crippen molar-refractivity contribution in [3.63, 3.8) is 0 Å². The molecule has 0 spiro atoms. The van der Waals surface area contributed by atoms with Gasteiger partial charge in [0, 0.05) is 16.9 Å². The maximum Gasteiger partial charge on any atom is 0.123 e. The molecule has 0 aromatic heterocycles. The van der Waals surface area contributed by atoms with Crippen molar-refractivity contribution in [2.75, 3.05) is 26.4 Å². The summed E-state index contributed by atoms with van der Waals surface area (Å²) in [6, 6.07) is 17.7. The maximum absolute atomic E-state index is 6.38. The van der Waals surface area contributed by atoms with Crippen LogP contribution in [0, 0.1) is 17.8 Å². The maximum atomic E-state index is 6.38. The lowest BCUT2D eigenvalue weighted by atomic mass is 9.42. The van der Waals surface area contributed by atoms with Gasteiger partial charge in [0.25, 0.3) is 0 Å². The van der Waals surface area contributed by atoms with Gasteiger partial charge in [-0.1, -0.05) is 36.4 Å². The van der Waals surface area contributed by atoms with E-state index in [1.54, 1.807) is 0 Å². The van der Waals surface area contributed by atoms with E-state index in [-0.39, 0.29) is 17.6 Å². The van der Waals surface area contributed by atoms with Crippen LogP contribution < -0.4 is 9.47 Å². The van der Waals surface area contributed by atoms with Gasteiger partial charge in [0.15, 0.2) is 0 Å². The molecule has 4 heteroatoms. The lowest BCUT2D eigenvalue weighted by Gasteiger charge is -2.62. The van der Waals surface area contributed by atoms with Gasteiger partial charge in [0.05, 0.1) is 13.2 Å². The minimum Gasteiger partial charge on any atom is -0.490 e. The van der Waals surface area contributed by atoms with Crippen LogP contribution in [0.25, 0.3) is 0 Å². The van der Waals surface area contributed by atoms with Crippen molar-refractivity contribution in [1.29, 1.82) is 0 Å². The zero-order chi connectivity index (χ0) is 21.1. The van der Waals surface area contributed by atoms with Gasteiger partial charge < -0.3 is 18.9 Å². The third-order valence-corrected chi connectivity index (χ3v) is 8.64. The predicted molar refractivity (Wildman–Crippen MR) is 121 cm³/mol. The Labute approximate surface area is 190 Å². The van der Waals surface area contributed by atoms with Crippen LogP contribution in [0.2, 0.25) is 0 Å². The molecule has 32 heavy (non-hydrogen) atoms. The van der Waals surface area contributed by atoms with Crippen LogP contribution in [0.15, 0.2) is 48.5 Å². The summed E-state index contributed by atoms with van der Waals surface area (Å²) in [4.78, 5) is 0. The molecule has 4 saturated carbocycles. The van der Waals surface area contributed by atoms with Gasteiger partial charge in [0.2, 0.25) is 0 Å². The fourth-order valence-electron chi connectivity index (χ4n) is 7.55. The van der Waals surface area contributed by atoms with Gasteiger partial charge in [-0.15, -0.1) is 0 Å². The Bertz CT molecular complexity index is 980. The molecule has 0 amide bonds. The minimum absolute atomic E-state index is 0.130. The molecule has 5 atom stereocenters. The van der Waals surface area contributed by atoms with Crippen molar-refractivity contribution >= 4 is 0 Å². The van der Waals surface area contributed by atoms with E-state index in [2.05, 4.69) is 48.5 Å². The quantitative estimate of drug-likeness (QED) is 0.544. The Morgan fingerprint density at radius 3 is 2.03 bits per heavy atom. The smallest absolute Gasteiger partial charge is 0.123 e.